The van der Waals surface area contributed by atoms with Crippen molar-refractivity contribution < 1.29 is 13.6 Å². The minimum Gasteiger partial charge on any atom is -0.368 e. The van der Waals surface area contributed by atoms with E-state index in [1.807, 2.05) is 12.1 Å². The first kappa shape index (κ1) is 14.4. The van der Waals surface area contributed by atoms with Gasteiger partial charge in [-0.25, -0.2) is 8.78 Å². The zero-order valence-corrected chi connectivity index (χ0v) is 11.9. The van der Waals surface area contributed by atoms with E-state index in [9.17, 15) is 13.6 Å². The number of amides is 1. The Kier molecular flexibility index (Phi) is 4.00. The summed E-state index contributed by atoms with van der Waals surface area (Å²) in [7, 11) is 0. The van der Waals surface area contributed by atoms with Crippen molar-refractivity contribution in [3.8, 4) is 0 Å². The van der Waals surface area contributed by atoms with E-state index in [1.165, 1.54) is 0 Å². The Morgan fingerprint density at radius 2 is 1.55 bits per heavy atom. The molecule has 1 amide bonds. The molecule has 1 aliphatic rings. The summed E-state index contributed by atoms with van der Waals surface area (Å²) in [6.07, 6.45) is 3.45. The minimum absolute atomic E-state index is 0.0508. The van der Waals surface area contributed by atoms with Crippen molar-refractivity contribution in [2.24, 2.45) is 0 Å². The number of carbonyl (C=O) groups excluding carboxylic acids is 1. The maximum absolute atomic E-state index is 13.2. The molecule has 6 heteroatoms. The second kappa shape index (κ2) is 6.09. The van der Waals surface area contributed by atoms with E-state index >= 15 is 0 Å². The summed E-state index contributed by atoms with van der Waals surface area (Å²) >= 11 is 0. The van der Waals surface area contributed by atoms with Gasteiger partial charge in [0, 0.05) is 55.9 Å². The third kappa shape index (κ3) is 3.05. The van der Waals surface area contributed by atoms with Crippen LogP contribution in [0, 0.1) is 11.6 Å². The SMILES string of the molecule is O=C(c1cc(F)cc(F)c1)N1CCN(c2ccncc2)CC1. The Morgan fingerprint density at radius 1 is 0.955 bits per heavy atom. The number of benzene rings is 1. The molecular formula is C16H15F2N3O. The van der Waals surface area contributed by atoms with Gasteiger partial charge < -0.3 is 9.80 Å². The van der Waals surface area contributed by atoms with Crippen molar-refractivity contribution in [3.63, 3.8) is 0 Å². The molecule has 0 spiro atoms. The van der Waals surface area contributed by atoms with Gasteiger partial charge in [0.25, 0.3) is 5.91 Å². The molecular weight excluding hydrogens is 288 g/mol. The standard InChI is InChI=1S/C16H15F2N3O/c17-13-9-12(10-14(18)11-13)16(22)21-7-5-20(6-8-21)15-1-3-19-4-2-15/h1-4,9-11H,5-8H2. The van der Waals surface area contributed by atoms with Crippen LogP contribution in [0.25, 0.3) is 0 Å². The molecule has 0 radical (unpaired) electrons. The van der Waals surface area contributed by atoms with Gasteiger partial charge in [-0.2, -0.15) is 0 Å². The van der Waals surface area contributed by atoms with Gasteiger partial charge in [-0.1, -0.05) is 0 Å². The quantitative estimate of drug-likeness (QED) is 0.854. The number of hydrogen-bond donors (Lipinski definition) is 0. The average molecular weight is 303 g/mol. The number of halogens is 2. The first-order valence-electron chi connectivity index (χ1n) is 7.04. The lowest BCUT2D eigenvalue weighted by Crippen LogP contribution is -2.48. The number of carbonyl (C=O) groups is 1. The zero-order chi connectivity index (χ0) is 15.5. The molecule has 3 rings (SSSR count). The molecule has 0 atom stereocenters. The van der Waals surface area contributed by atoms with Crippen molar-refractivity contribution >= 4 is 11.6 Å². The van der Waals surface area contributed by atoms with Gasteiger partial charge in [0.05, 0.1) is 0 Å². The van der Waals surface area contributed by atoms with Gasteiger partial charge in [-0.3, -0.25) is 9.78 Å². The summed E-state index contributed by atoms with van der Waals surface area (Å²) in [5.41, 5.74) is 1.11. The summed E-state index contributed by atoms with van der Waals surface area (Å²) in [4.78, 5) is 20.1. The van der Waals surface area contributed by atoms with Crippen LogP contribution in [-0.4, -0.2) is 42.0 Å². The third-order valence-electron chi connectivity index (χ3n) is 3.70. The molecule has 1 aliphatic heterocycles. The third-order valence-corrected chi connectivity index (χ3v) is 3.70. The molecule has 1 aromatic heterocycles. The van der Waals surface area contributed by atoms with Crippen LogP contribution in [0.15, 0.2) is 42.7 Å². The van der Waals surface area contributed by atoms with Gasteiger partial charge in [0.1, 0.15) is 11.6 Å². The molecule has 2 heterocycles. The summed E-state index contributed by atoms with van der Waals surface area (Å²) in [5, 5.41) is 0. The highest BCUT2D eigenvalue weighted by Gasteiger charge is 2.23. The summed E-state index contributed by atoms with van der Waals surface area (Å²) < 4.78 is 26.4. The Morgan fingerprint density at radius 3 is 2.14 bits per heavy atom. The highest BCUT2D eigenvalue weighted by Crippen LogP contribution is 2.17. The van der Waals surface area contributed by atoms with Crippen molar-refractivity contribution in [2.45, 2.75) is 0 Å². The van der Waals surface area contributed by atoms with E-state index in [1.54, 1.807) is 17.3 Å². The molecule has 1 aromatic carbocycles. The number of pyridine rings is 1. The lowest BCUT2D eigenvalue weighted by Gasteiger charge is -2.36. The summed E-state index contributed by atoms with van der Waals surface area (Å²) in [6, 6.07) is 6.73. The van der Waals surface area contributed by atoms with E-state index in [4.69, 9.17) is 0 Å². The van der Waals surface area contributed by atoms with Crippen LogP contribution in [0.5, 0.6) is 0 Å². The fourth-order valence-corrected chi connectivity index (χ4v) is 2.58. The molecule has 0 aliphatic carbocycles. The van der Waals surface area contributed by atoms with Crippen molar-refractivity contribution in [2.75, 3.05) is 31.1 Å². The molecule has 2 aromatic rings. The number of nitrogens with zero attached hydrogens (tertiary/aromatic N) is 3. The van der Waals surface area contributed by atoms with Crippen molar-refractivity contribution in [1.82, 2.24) is 9.88 Å². The van der Waals surface area contributed by atoms with E-state index in [0.717, 1.165) is 23.9 Å². The van der Waals surface area contributed by atoms with Crippen LogP contribution in [0.4, 0.5) is 14.5 Å². The lowest BCUT2D eigenvalue weighted by atomic mass is 10.1. The normalized spacial score (nSPS) is 15.0. The monoisotopic (exact) mass is 303 g/mol. The highest BCUT2D eigenvalue weighted by atomic mass is 19.1. The van der Waals surface area contributed by atoms with E-state index < -0.39 is 11.6 Å². The molecule has 1 fully saturated rings. The smallest absolute Gasteiger partial charge is 0.254 e. The zero-order valence-electron chi connectivity index (χ0n) is 11.9. The number of anilines is 1. The molecule has 0 N–H and O–H groups in total. The van der Waals surface area contributed by atoms with Gasteiger partial charge in [-0.05, 0) is 24.3 Å². The Balaban J connectivity index is 1.67. The van der Waals surface area contributed by atoms with E-state index in [0.29, 0.717) is 26.2 Å². The molecule has 1 saturated heterocycles. The van der Waals surface area contributed by atoms with Gasteiger partial charge >= 0.3 is 0 Å². The minimum atomic E-state index is -0.737. The predicted octanol–water partition coefficient (Wildman–Crippen LogP) is 2.32. The second-order valence-corrected chi connectivity index (χ2v) is 5.14. The first-order valence-corrected chi connectivity index (χ1v) is 7.04. The Hall–Kier alpha value is -2.50. The number of piperazine rings is 1. The molecule has 114 valence electrons. The van der Waals surface area contributed by atoms with Crippen LogP contribution in [0.1, 0.15) is 10.4 Å². The molecule has 0 unspecified atom stereocenters. The van der Waals surface area contributed by atoms with Gasteiger partial charge in [-0.15, -0.1) is 0 Å². The Bertz CT molecular complexity index is 650. The maximum atomic E-state index is 13.2. The fraction of sp³-hybridized carbons (Fsp3) is 0.250. The first-order chi connectivity index (χ1) is 10.6. The van der Waals surface area contributed by atoms with Crippen LogP contribution in [0.2, 0.25) is 0 Å². The van der Waals surface area contributed by atoms with Crippen molar-refractivity contribution in [3.05, 3.63) is 59.9 Å². The van der Waals surface area contributed by atoms with E-state index in [-0.39, 0.29) is 11.5 Å². The average Bonchev–Trinajstić information content (AvgIpc) is 2.54. The van der Waals surface area contributed by atoms with Crippen LogP contribution >= 0.6 is 0 Å². The van der Waals surface area contributed by atoms with Gasteiger partial charge in [0.2, 0.25) is 0 Å². The lowest BCUT2D eigenvalue weighted by molar-refractivity contribution is 0.0745. The largest absolute Gasteiger partial charge is 0.368 e. The fourth-order valence-electron chi connectivity index (χ4n) is 2.58. The number of hydrogen-bond acceptors (Lipinski definition) is 3. The number of aromatic nitrogens is 1. The number of rotatable bonds is 2. The molecule has 4 nitrogen and oxygen atoms in total. The molecule has 0 bridgehead atoms. The highest BCUT2D eigenvalue weighted by molar-refractivity contribution is 5.94. The van der Waals surface area contributed by atoms with Crippen molar-refractivity contribution in [1.29, 1.82) is 0 Å². The van der Waals surface area contributed by atoms with E-state index in [2.05, 4.69) is 9.88 Å². The second-order valence-electron chi connectivity index (χ2n) is 5.14. The Labute approximate surface area is 127 Å². The van der Waals surface area contributed by atoms with Gasteiger partial charge in [0.15, 0.2) is 0 Å². The van der Waals surface area contributed by atoms with Crippen LogP contribution < -0.4 is 4.90 Å². The molecule has 0 saturated carbocycles. The topological polar surface area (TPSA) is 36.4 Å². The summed E-state index contributed by atoms with van der Waals surface area (Å²) in [5.74, 6) is -1.81. The molecule has 22 heavy (non-hydrogen) atoms. The maximum Gasteiger partial charge on any atom is 0.254 e. The predicted molar refractivity (Wildman–Crippen MR) is 78.7 cm³/mol. The van der Waals surface area contributed by atoms with Crippen LogP contribution in [-0.2, 0) is 0 Å². The van der Waals surface area contributed by atoms with Crippen LogP contribution in [0.3, 0.4) is 0 Å². The summed E-state index contributed by atoms with van der Waals surface area (Å²) in [6.45, 7) is 2.37.